The Bertz CT molecular complexity index is 498. The number of rotatable bonds is 5. The van der Waals surface area contributed by atoms with Crippen LogP contribution in [0.15, 0.2) is 18.2 Å². The largest absolute Gasteiger partial charge is 0.477 e. The van der Waals surface area contributed by atoms with E-state index in [-0.39, 0.29) is 17.6 Å². The quantitative estimate of drug-likeness (QED) is 0.835. The van der Waals surface area contributed by atoms with Crippen molar-refractivity contribution in [1.82, 2.24) is 15.2 Å². The van der Waals surface area contributed by atoms with Crippen LogP contribution >= 0.6 is 0 Å². The van der Waals surface area contributed by atoms with Gasteiger partial charge in [-0.2, -0.15) is 0 Å². The lowest BCUT2D eigenvalue weighted by molar-refractivity contribution is -0.132. The highest BCUT2D eigenvalue weighted by Gasteiger charge is 2.22. The van der Waals surface area contributed by atoms with E-state index in [9.17, 15) is 9.59 Å². The Labute approximate surface area is 117 Å². The maximum atomic E-state index is 12.1. The number of nitrogens with zero attached hydrogens (tertiary/aromatic N) is 2. The van der Waals surface area contributed by atoms with Crippen LogP contribution in [0.2, 0.25) is 0 Å². The first-order chi connectivity index (χ1) is 9.58. The SMILES string of the molecule is CC(NCc1cccc(C(=O)O)n1)C(=O)N1CCCC1. The van der Waals surface area contributed by atoms with E-state index in [0.29, 0.717) is 12.2 Å². The summed E-state index contributed by atoms with van der Waals surface area (Å²) in [6.07, 6.45) is 2.14. The van der Waals surface area contributed by atoms with Crippen LogP contribution in [0.25, 0.3) is 0 Å². The number of nitrogens with one attached hydrogen (secondary N) is 1. The van der Waals surface area contributed by atoms with E-state index < -0.39 is 5.97 Å². The molecule has 0 aliphatic carbocycles. The van der Waals surface area contributed by atoms with Crippen molar-refractivity contribution in [3.63, 3.8) is 0 Å². The van der Waals surface area contributed by atoms with E-state index >= 15 is 0 Å². The van der Waals surface area contributed by atoms with E-state index in [1.807, 2.05) is 11.8 Å². The zero-order chi connectivity index (χ0) is 14.5. The van der Waals surface area contributed by atoms with Crippen molar-refractivity contribution < 1.29 is 14.7 Å². The lowest BCUT2D eigenvalue weighted by atomic mass is 10.2. The molecule has 1 aromatic heterocycles. The Hall–Kier alpha value is -1.95. The number of likely N-dealkylation sites (tertiary alicyclic amines) is 1. The minimum absolute atomic E-state index is 0.0165. The number of hydrogen-bond acceptors (Lipinski definition) is 4. The van der Waals surface area contributed by atoms with Gasteiger partial charge < -0.3 is 15.3 Å². The number of amides is 1. The molecular weight excluding hydrogens is 258 g/mol. The smallest absolute Gasteiger partial charge is 0.354 e. The van der Waals surface area contributed by atoms with E-state index in [4.69, 9.17) is 5.11 Å². The van der Waals surface area contributed by atoms with Crippen LogP contribution < -0.4 is 5.32 Å². The van der Waals surface area contributed by atoms with Crippen molar-refractivity contribution in [2.24, 2.45) is 0 Å². The maximum absolute atomic E-state index is 12.1. The standard InChI is InChI=1S/C14H19N3O3/c1-10(13(18)17-7-2-3-8-17)15-9-11-5-4-6-12(16-11)14(19)20/h4-6,10,15H,2-3,7-9H2,1H3,(H,19,20). The summed E-state index contributed by atoms with van der Waals surface area (Å²) in [5.41, 5.74) is 0.633. The predicted molar refractivity (Wildman–Crippen MR) is 73.3 cm³/mol. The zero-order valence-electron chi connectivity index (χ0n) is 11.5. The van der Waals surface area contributed by atoms with Crippen LogP contribution in [0.1, 0.15) is 35.9 Å². The highest BCUT2D eigenvalue weighted by atomic mass is 16.4. The van der Waals surface area contributed by atoms with Crippen LogP contribution in [-0.4, -0.2) is 46.0 Å². The third-order valence-electron chi connectivity index (χ3n) is 3.40. The summed E-state index contributed by atoms with van der Waals surface area (Å²) in [6, 6.07) is 4.56. The van der Waals surface area contributed by atoms with Crippen molar-refractivity contribution in [3.05, 3.63) is 29.6 Å². The summed E-state index contributed by atoms with van der Waals surface area (Å²) in [6.45, 7) is 3.86. The fourth-order valence-corrected chi connectivity index (χ4v) is 2.25. The van der Waals surface area contributed by atoms with Gasteiger partial charge in [0.15, 0.2) is 0 Å². The second-order valence-electron chi connectivity index (χ2n) is 4.95. The van der Waals surface area contributed by atoms with Crippen molar-refractivity contribution in [1.29, 1.82) is 0 Å². The Balaban J connectivity index is 1.89. The molecule has 1 aromatic rings. The lowest BCUT2D eigenvalue weighted by Gasteiger charge is -2.21. The number of carbonyl (C=O) groups excluding carboxylic acids is 1. The zero-order valence-corrected chi connectivity index (χ0v) is 11.5. The molecule has 1 aliphatic rings. The van der Waals surface area contributed by atoms with Gasteiger partial charge in [-0.05, 0) is 31.9 Å². The minimum Gasteiger partial charge on any atom is -0.477 e. The van der Waals surface area contributed by atoms with Gasteiger partial charge in [0.05, 0.1) is 11.7 Å². The number of carbonyl (C=O) groups is 2. The van der Waals surface area contributed by atoms with Gasteiger partial charge in [0.1, 0.15) is 5.69 Å². The Morgan fingerprint density at radius 1 is 1.40 bits per heavy atom. The van der Waals surface area contributed by atoms with Crippen LogP contribution in [-0.2, 0) is 11.3 Å². The van der Waals surface area contributed by atoms with E-state index in [2.05, 4.69) is 10.3 Å². The molecule has 0 spiro atoms. The Morgan fingerprint density at radius 2 is 2.10 bits per heavy atom. The van der Waals surface area contributed by atoms with Crippen molar-refractivity contribution in [3.8, 4) is 0 Å². The second-order valence-corrected chi connectivity index (χ2v) is 4.95. The van der Waals surface area contributed by atoms with Crippen molar-refractivity contribution >= 4 is 11.9 Å². The van der Waals surface area contributed by atoms with Crippen LogP contribution in [0.3, 0.4) is 0 Å². The number of hydrogen-bond donors (Lipinski definition) is 2. The van der Waals surface area contributed by atoms with Crippen LogP contribution in [0.5, 0.6) is 0 Å². The summed E-state index contributed by atoms with van der Waals surface area (Å²) in [5, 5.41) is 12.0. The molecular formula is C14H19N3O3. The van der Waals surface area contributed by atoms with Crippen LogP contribution in [0, 0.1) is 0 Å². The number of pyridine rings is 1. The third-order valence-corrected chi connectivity index (χ3v) is 3.40. The first-order valence-corrected chi connectivity index (χ1v) is 6.79. The molecule has 1 aliphatic heterocycles. The molecule has 1 unspecified atom stereocenters. The minimum atomic E-state index is -1.05. The fraction of sp³-hybridized carbons (Fsp3) is 0.500. The number of carboxylic acids is 1. The molecule has 6 heteroatoms. The van der Waals surface area contributed by atoms with E-state index in [1.54, 1.807) is 12.1 Å². The Morgan fingerprint density at radius 3 is 2.75 bits per heavy atom. The molecule has 2 heterocycles. The molecule has 108 valence electrons. The Kier molecular flexibility index (Phi) is 4.68. The molecule has 0 saturated carbocycles. The molecule has 1 atom stereocenters. The van der Waals surface area contributed by atoms with Gasteiger partial charge in [0, 0.05) is 19.6 Å². The number of aromatic carboxylic acids is 1. The average molecular weight is 277 g/mol. The molecule has 20 heavy (non-hydrogen) atoms. The highest BCUT2D eigenvalue weighted by Crippen LogP contribution is 2.09. The molecule has 1 amide bonds. The van der Waals surface area contributed by atoms with Crippen molar-refractivity contribution in [2.45, 2.75) is 32.4 Å². The molecule has 1 saturated heterocycles. The molecule has 2 N–H and O–H groups in total. The number of aromatic nitrogens is 1. The summed E-state index contributed by atoms with van der Waals surface area (Å²) >= 11 is 0. The summed E-state index contributed by atoms with van der Waals surface area (Å²) in [4.78, 5) is 28.8. The van der Waals surface area contributed by atoms with E-state index in [0.717, 1.165) is 25.9 Å². The summed E-state index contributed by atoms with van der Waals surface area (Å²) in [5.74, 6) is -0.954. The van der Waals surface area contributed by atoms with Gasteiger partial charge in [-0.25, -0.2) is 9.78 Å². The van der Waals surface area contributed by atoms with Gasteiger partial charge in [0.2, 0.25) is 5.91 Å². The fourth-order valence-electron chi connectivity index (χ4n) is 2.25. The maximum Gasteiger partial charge on any atom is 0.354 e. The molecule has 1 fully saturated rings. The lowest BCUT2D eigenvalue weighted by Crippen LogP contribution is -2.43. The third kappa shape index (κ3) is 3.54. The van der Waals surface area contributed by atoms with Gasteiger partial charge >= 0.3 is 5.97 Å². The normalized spacial score (nSPS) is 16.1. The topological polar surface area (TPSA) is 82.5 Å². The van der Waals surface area contributed by atoms with Crippen molar-refractivity contribution in [2.75, 3.05) is 13.1 Å². The average Bonchev–Trinajstić information content (AvgIpc) is 2.98. The van der Waals surface area contributed by atoms with Gasteiger partial charge in [-0.3, -0.25) is 4.79 Å². The highest BCUT2D eigenvalue weighted by molar-refractivity contribution is 5.85. The van der Waals surface area contributed by atoms with Gasteiger partial charge in [0.25, 0.3) is 0 Å². The molecule has 0 aromatic carbocycles. The van der Waals surface area contributed by atoms with Crippen LogP contribution in [0.4, 0.5) is 0 Å². The van der Waals surface area contributed by atoms with Gasteiger partial charge in [-0.1, -0.05) is 6.07 Å². The number of carboxylic acid groups (broad SMARTS) is 1. The monoisotopic (exact) mass is 277 g/mol. The second kappa shape index (κ2) is 6.47. The van der Waals surface area contributed by atoms with Gasteiger partial charge in [-0.15, -0.1) is 0 Å². The predicted octanol–water partition coefficient (Wildman–Crippen LogP) is 0.880. The first kappa shape index (κ1) is 14.5. The van der Waals surface area contributed by atoms with E-state index in [1.165, 1.54) is 6.07 Å². The molecule has 2 rings (SSSR count). The summed E-state index contributed by atoms with van der Waals surface area (Å²) < 4.78 is 0. The summed E-state index contributed by atoms with van der Waals surface area (Å²) in [7, 11) is 0. The molecule has 0 radical (unpaired) electrons. The first-order valence-electron chi connectivity index (χ1n) is 6.79. The molecule has 6 nitrogen and oxygen atoms in total. The molecule has 0 bridgehead atoms.